The highest BCUT2D eigenvalue weighted by atomic mass is 19.1. The highest BCUT2D eigenvalue weighted by Crippen LogP contribution is 2.54. The second-order valence-electron chi connectivity index (χ2n) is 9.09. The van der Waals surface area contributed by atoms with Crippen LogP contribution in [0.3, 0.4) is 0 Å². The summed E-state index contributed by atoms with van der Waals surface area (Å²) in [6.07, 6.45) is 3.73. The minimum atomic E-state index is -0.853. The quantitative estimate of drug-likeness (QED) is 0.428. The monoisotopic (exact) mass is 451 g/mol. The molecule has 2 N–H and O–H groups in total. The van der Waals surface area contributed by atoms with E-state index in [2.05, 4.69) is 34.3 Å². The molecule has 6 heteroatoms. The van der Waals surface area contributed by atoms with Crippen molar-refractivity contribution in [2.24, 2.45) is 16.6 Å². The number of amidine groups is 1. The molecule has 3 aromatic carbocycles. The highest BCUT2D eigenvalue weighted by Gasteiger charge is 2.52. The lowest BCUT2D eigenvalue weighted by Gasteiger charge is -2.36. The van der Waals surface area contributed by atoms with Crippen LogP contribution in [0, 0.1) is 11.7 Å². The number of anilines is 2. The molecule has 0 spiro atoms. The summed E-state index contributed by atoms with van der Waals surface area (Å²) in [7, 11) is 0. The van der Waals surface area contributed by atoms with E-state index in [1.54, 1.807) is 12.3 Å². The fraction of sp³-hybridized carbons (Fsp3) is 0.214. The molecule has 4 aromatic rings. The summed E-state index contributed by atoms with van der Waals surface area (Å²) < 4.78 is 17.5. The summed E-state index contributed by atoms with van der Waals surface area (Å²) in [5.74, 6) is 0.414. The van der Waals surface area contributed by atoms with Crippen LogP contribution >= 0.6 is 0 Å². The number of fused-ring (bicyclic) bond motifs is 1. The molecule has 1 aromatic heterocycles. The Morgan fingerprint density at radius 1 is 0.941 bits per heavy atom. The van der Waals surface area contributed by atoms with Crippen molar-refractivity contribution in [3.63, 3.8) is 0 Å². The Kier molecular flexibility index (Phi) is 4.94. The molecule has 2 aliphatic rings. The van der Waals surface area contributed by atoms with Gasteiger partial charge in [-0.2, -0.15) is 5.10 Å². The second kappa shape index (κ2) is 8.13. The molecule has 0 bridgehead atoms. The van der Waals surface area contributed by atoms with Crippen LogP contribution in [0.25, 0.3) is 0 Å². The molecule has 5 nitrogen and oxygen atoms in total. The number of nitrogens with zero attached hydrogens (tertiary/aromatic N) is 4. The predicted molar refractivity (Wildman–Crippen MR) is 132 cm³/mol. The van der Waals surface area contributed by atoms with Crippen LogP contribution in [0.4, 0.5) is 15.8 Å². The number of aliphatic imine (C=N–C) groups is 1. The molecule has 0 unspecified atom stereocenters. The Bertz CT molecular complexity index is 1340. The maximum Gasteiger partial charge on any atom is 0.135 e. The zero-order chi connectivity index (χ0) is 23.1. The smallest absolute Gasteiger partial charge is 0.135 e. The van der Waals surface area contributed by atoms with Gasteiger partial charge in [-0.25, -0.2) is 4.39 Å². The first kappa shape index (κ1) is 20.7. The average Bonchev–Trinajstić information content (AvgIpc) is 3.62. The van der Waals surface area contributed by atoms with Gasteiger partial charge in [0, 0.05) is 29.7 Å². The molecule has 2 heterocycles. The summed E-state index contributed by atoms with van der Waals surface area (Å²) in [6, 6.07) is 27.8. The van der Waals surface area contributed by atoms with Gasteiger partial charge in [-0.1, -0.05) is 48.5 Å². The van der Waals surface area contributed by atoms with Gasteiger partial charge in [0.1, 0.15) is 17.2 Å². The molecular formula is C28H26FN5. The van der Waals surface area contributed by atoms with E-state index < -0.39 is 5.54 Å². The number of halogens is 1. The van der Waals surface area contributed by atoms with E-state index in [1.807, 2.05) is 59.3 Å². The minimum Gasteiger partial charge on any atom is -0.386 e. The van der Waals surface area contributed by atoms with Crippen molar-refractivity contribution in [1.82, 2.24) is 9.78 Å². The zero-order valence-corrected chi connectivity index (χ0v) is 18.8. The Labute approximate surface area is 198 Å². The molecule has 1 atom stereocenters. The van der Waals surface area contributed by atoms with E-state index in [1.165, 1.54) is 5.56 Å². The zero-order valence-electron chi connectivity index (χ0n) is 18.8. The molecule has 0 saturated heterocycles. The molecule has 1 aliphatic carbocycles. The third-order valence-corrected chi connectivity index (χ3v) is 6.83. The van der Waals surface area contributed by atoms with Crippen molar-refractivity contribution in [1.29, 1.82) is 0 Å². The van der Waals surface area contributed by atoms with Crippen LogP contribution in [-0.2, 0) is 18.6 Å². The van der Waals surface area contributed by atoms with Gasteiger partial charge >= 0.3 is 0 Å². The lowest BCUT2D eigenvalue weighted by molar-refractivity contribution is 0.392. The van der Waals surface area contributed by atoms with Crippen LogP contribution in [0.5, 0.6) is 0 Å². The van der Waals surface area contributed by atoms with E-state index in [-0.39, 0.29) is 11.7 Å². The molecule has 6 rings (SSSR count). The van der Waals surface area contributed by atoms with Gasteiger partial charge in [0.15, 0.2) is 0 Å². The Hall–Kier alpha value is -3.93. The van der Waals surface area contributed by atoms with Crippen molar-refractivity contribution in [2.45, 2.75) is 31.5 Å². The number of nitrogens with two attached hydrogens (primary N) is 1. The third kappa shape index (κ3) is 3.46. The van der Waals surface area contributed by atoms with Crippen LogP contribution < -0.4 is 10.6 Å². The predicted octanol–water partition coefficient (Wildman–Crippen LogP) is 5.38. The van der Waals surface area contributed by atoms with Crippen molar-refractivity contribution >= 4 is 17.2 Å². The van der Waals surface area contributed by atoms with Gasteiger partial charge in [-0.15, -0.1) is 0 Å². The lowest BCUT2D eigenvalue weighted by atomic mass is 9.80. The summed E-state index contributed by atoms with van der Waals surface area (Å²) >= 11 is 0. The van der Waals surface area contributed by atoms with E-state index in [0.717, 1.165) is 29.9 Å². The van der Waals surface area contributed by atoms with Crippen molar-refractivity contribution in [3.8, 4) is 0 Å². The Balaban J connectivity index is 1.52. The fourth-order valence-corrected chi connectivity index (χ4v) is 5.15. The number of hydrogen-bond acceptors (Lipinski definition) is 4. The summed E-state index contributed by atoms with van der Waals surface area (Å²) in [5.41, 5.74) is 10.0. The topological polar surface area (TPSA) is 59.4 Å². The largest absolute Gasteiger partial charge is 0.386 e. The maximum atomic E-state index is 15.6. The van der Waals surface area contributed by atoms with E-state index in [0.29, 0.717) is 24.5 Å². The first-order valence-electron chi connectivity index (χ1n) is 11.7. The minimum absolute atomic E-state index is 0.200. The molecule has 34 heavy (non-hydrogen) atoms. The van der Waals surface area contributed by atoms with Crippen LogP contribution in [0.2, 0.25) is 0 Å². The second-order valence-corrected chi connectivity index (χ2v) is 9.09. The number of para-hydroxylation sites is 1. The normalized spacial score (nSPS) is 19.4. The molecule has 1 fully saturated rings. The number of rotatable bonds is 6. The fourth-order valence-electron chi connectivity index (χ4n) is 5.15. The van der Waals surface area contributed by atoms with Gasteiger partial charge in [0.25, 0.3) is 0 Å². The van der Waals surface area contributed by atoms with E-state index in [9.17, 15) is 0 Å². The van der Waals surface area contributed by atoms with Crippen molar-refractivity contribution in [2.75, 3.05) is 4.90 Å². The molecule has 1 saturated carbocycles. The standard InChI is InChI=1S/C28H26FN5/c29-25-14-13-23(33(22-9-5-2-6-10-22)18-20-7-3-1-4-8-20)17-24(25)28(21-11-12-21)26-15-16-31-34(26)19-27(30)32-28/h1-10,13-17,21H,11-12,18-19H2,(H2,30,32)/t28-/m1/s1. The Morgan fingerprint density at radius 2 is 1.68 bits per heavy atom. The summed E-state index contributed by atoms with van der Waals surface area (Å²) in [4.78, 5) is 7.17. The summed E-state index contributed by atoms with van der Waals surface area (Å²) in [5, 5.41) is 4.45. The number of hydrogen-bond donors (Lipinski definition) is 1. The molecule has 170 valence electrons. The van der Waals surface area contributed by atoms with Gasteiger partial charge < -0.3 is 10.6 Å². The molecule has 0 radical (unpaired) electrons. The highest BCUT2D eigenvalue weighted by molar-refractivity contribution is 5.82. The first-order valence-corrected chi connectivity index (χ1v) is 11.7. The van der Waals surface area contributed by atoms with Gasteiger partial charge in [-0.3, -0.25) is 9.67 Å². The first-order chi connectivity index (χ1) is 16.6. The van der Waals surface area contributed by atoms with Gasteiger partial charge in [0.2, 0.25) is 0 Å². The third-order valence-electron chi connectivity index (χ3n) is 6.83. The summed E-state index contributed by atoms with van der Waals surface area (Å²) in [6.45, 7) is 1.10. The van der Waals surface area contributed by atoms with E-state index >= 15 is 4.39 Å². The van der Waals surface area contributed by atoms with Crippen LogP contribution in [0.15, 0.2) is 96.1 Å². The number of benzene rings is 3. The lowest BCUT2D eigenvalue weighted by Crippen LogP contribution is -2.41. The SMILES string of the molecule is NC1=N[C@@](c2cc(N(Cc3ccccc3)c3ccccc3)ccc2F)(C2CC2)c2ccnn2C1. The average molecular weight is 452 g/mol. The van der Waals surface area contributed by atoms with Gasteiger partial charge in [-0.05, 0) is 60.7 Å². The number of aromatic nitrogens is 2. The molecule has 1 aliphatic heterocycles. The van der Waals surface area contributed by atoms with Crippen LogP contribution in [0.1, 0.15) is 29.7 Å². The van der Waals surface area contributed by atoms with Crippen LogP contribution in [-0.4, -0.2) is 15.6 Å². The Morgan fingerprint density at radius 3 is 2.41 bits per heavy atom. The van der Waals surface area contributed by atoms with Crippen molar-refractivity contribution < 1.29 is 4.39 Å². The maximum absolute atomic E-state index is 15.6. The molecular weight excluding hydrogens is 425 g/mol. The van der Waals surface area contributed by atoms with Crippen molar-refractivity contribution in [3.05, 3.63) is 114 Å². The van der Waals surface area contributed by atoms with Gasteiger partial charge in [0.05, 0.1) is 12.2 Å². The van der Waals surface area contributed by atoms with E-state index in [4.69, 9.17) is 10.7 Å². The molecule has 0 amide bonds.